The van der Waals surface area contributed by atoms with Gasteiger partial charge in [-0.3, -0.25) is 4.55 Å². The summed E-state index contributed by atoms with van der Waals surface area (Å²) < 4.78 is 39.0. The van der Waals surface area contributed by atoms with Gasteiger partial charge in [-0.2, -0.15) is 8.42 Å². The van der Waals surface area contributed by atoms with Crippen molar-refractivity contribution in [1.29, 1.82) is 0 Å². The van der Waals surface area contributed by atoms with Gasteiger partial charge >= 0.3 is 10.4 Å². The largest absolute Gasteiger partial charge is 0.466 e. The van der Waals surface area contributed by atoms with Gasteiger partial charge in [0.2, 0.25) is 0 Å². The van der Waals surface area contributed by atoms with Gasteiger partial charge in [0, 0.05) is 0 Å². The lowest BCUT2D eigenvalue weighted by Crippen LogP contribution is -2.57. The van der Waals surface area contributed by atoms with Crippen LogP contribution in [0.1, 0.15) is 26.2 Å². The summed E-state index contributed by atoms with van der Waals surface area (Å²) in [5.41, 5.74) is -1.11. The van der Waals surface area contributed by atoms with Gasteiger partial charge in [-0.05, 0) is 12.8 Å². The van der Waals surface area contributed by atoms with Crippen LogP contribution in [0.25, 0.3) is 0 Å². The van der Waals surface area contributed by atoms with E-state index >= 15 is 0 Å². The van der Waals surface area contributed by atoms with Crippen LogP contribution in [0, 0.1) is 0 Å². The van der Waals surface area contributed by atoms with E-state index in [1.807, 2.05) is 6.92 Å². The Hall–Kier alpha value is -0.470. The monoisotopic (exact) mass is 375 g/mol. The summed E-state index contributed by atoms with van der Waals surface area (Å²) in [5, 5.41) is 41.8. The van der Waals surface area contributed by atoms with Gasteiger partial charge in [-0.25, -0.2) is 4.28 Å². The first-order chi connectivity index (χ1) is 10.7. The lowest BCUT2D eigenvalue weighted by molar-refractivity contribution is -0.205. The molecule has 0 aliphatic carbocycles. The topological polar surface area (TPSA) is 166 Å². The highest BCUT2D eigenvalue weighted by atomic mass is 32.3. The zero-order valence-electron chi connectivity index (χ0n) is 12.3. The maximum absolute atomic E-state index is 10.6. The SMILES string of the molecule is CCCC/C(=N\OS(=O)(=O)O)SC1OC(CO)C(O)C(O)C1O. The average molecular weight is 375 g/mol. The normalized spacial score (nSPS) is 32.8. The first-order valence-corrected chi connectivity index (χ1v) is 9.14. The molecule has 0 bridgehead atoms. The molecule has 1 fully saturated rings. The van der Waals surface area contributed by atoms with Crippen molar-refractivity contribution in [2.24, 2.45) is 5.16 Å². The third-order valence-electron chi connectivity index (χ3n) is 3.08. The van der Waals surface area contributed by atoms with E-state index in [1.54, 1.807) is 0 Å². The molecule has 0 aromatic heterocycles. The summed E-state index contributed by atoms with van der Waals surface area (Å²) in [7, 11) is -4.77. The highest BCUT2D eigenvalue weighted by Crippen LogP contribution is 2.30. The van der Waals surface area contributed by atoms with Gasteiger partial charge in [0.05, 0.1) is 6.61 Å². The molecule has 1 saturated heterocycles. The van der Waals surface area contributed by atoms with Gasteiger partial charge in [-0.15, -0.1) is 0 Å². The number of aliphatic hydroxyl groups excluding tert-OH is 4. The molecule has 5 atom stereocenters. The molecule has 1 aliphatic heterocycles. The molecule has 136 valence electrons. The third kappa shape index (κ3) is 6.51. The Labute approximate surface area is 138 Å². The second-order valence-corrected chi connectivity index (χ2v) is 7.08. The second kappa shape index (κ2) is 9.13. The molecular weight excluding hydrogens is 354 g/mol. The van der Waals surface area contributed by atoms with Crippen molar-refractivity contribution in [3.05, 3.63) is 0 Å². The van der Waals surface area contributed by atoms with E-state index in [0.717, 1.165) is 18.2 Å². The van der Waals surface area contributed by atoms with E-state index in [9.17, 15) is 23.7 Å². The molecule has 1 rings (SSSR count). The molecule has 1 aliphatic rings. The predicted octanol–water partition coefficient (Wildman–Crippen LogP) is -1.16. The molecule has 0 aromatic carbocycles. The van der Waals surface area contributed by atoms with Crippen LogP contribution in [-0.2, 0) is 19.4 Å². The fourth-order valence-electron chi connectivity index (χ4n) is 1.84. The summed E-state index contributed by atoms with van der Waals surface area (Å²) >= 11 is 0.774. The summed E-state index contributed by atoms with van der Waals surface area (Å²) in [5.74, 6) is 0. The molecule has 5 unspecified atom stereocenters. The van der Waals surface area contributed by atoms with Crippen molar-refractivity contribution in [2.75, 3.05) is 6.61 Å². The predicted molar refractivity (Wildman–Crippen MR) is 81.0 cm³/mol. The van der Waals surface area contributed by atoms with Crippen LogP contribution >= 0.6 is 11.8 Å². The molecule has 0 saturated carbocycles. The number of ether oxygens (including phenoxy) is 1. The smallest absolute Gasteiger partial charge is 0.394 e. The van der Waals surface area contributed by atoms with Crippen LogP contribution in [0.2, 0.25) is 0 Å². The number of oxime groups is 1. The molecule has 0 aromatic rings. The number of rotatable bonds is 7. The van der Waals surface area contributed by atoms with E-state index in [1.165, 1.54) is 0 Å². The molecule has 0 amide bonds. The van der Waals surface area contributed by atoms with E-state index in [4.69, 9.17) is 14.4 Å². The highest BCUT2D eigenvalue weighted by molar-refractivity contribution is 8.14. The van der Waals surface area contributed by atoms with Gasteiger partial charge in [-0.1, -0.05) is 30.3 Å². The van der Waals surface area contributed by atoms with Gasteiger partial charge < -0.3 is 25.2 Å². The van der Waals surface area contributed by atoms with Crippen LogP contribution in [0.15, 0.2) is 5.16 Å². The first-order valence-electron chi connectivity index (χ1n) is 6.89. The summed E-state index contributed by atoms with van der Waals surface area (Å²) in [6.07, 6.45) is -3.94. The second-order valence-electron chi connectivity index (χ2n) is 4.91. The Morgan fingerprint density at radius 2 is 1.91 bits per heavy atom. The Balaban J connectivity index is 2.84. The Kier molecular flexibility index (Phi) is 8.17. The van der Waals surface area contributed by atoms with Gasteiger partial charge in [0.25, 0.3) is 0 Å². The standard InChI is InChI=1S/C11H21NO9S2/c1-2-3-4-7(12-21-23(17,18)19)22-11-10(16)9(15)8(14)6(5-13)20-11/h6,8-11,13-16H,2-5H2,1H3,(H,17,18,19)/b12-7+. The lowest BCUT2D eigenvalue weighted by Gasteiger charge is -2.39. The minimum atomic E-state index is -4.77. The van der Waals surface area contributed by atoms with Crippen molar-refractivity contribution < 1.29 is 42.4 Å². The summed E-state index contributed by atoms with van der Waals surface area (Å²) in [6.45, 7) is 1.31. The fraction of sp³-hybridized carbons (Fsp3) is 0.909. The summed E-state index contributed by atoms with van der Waals surface area (Å²) in [6, 6.07) is 0. The van der Waals surface area contributed by atoms with E-state index in [2.05, 4.69) is 9.44 Å². The minimum Gasteiger partial charge on any atom is -0.394 e. The fourth-order valence-corrected chi connectivity index (χ4v) is 3.18. The van der Waals surface area contributed by atoms with Crippen molar-refractivity contribution in [3.8, 4) is 0 Å². The maximum atomic E-state index is 10.6. The number of hydrogen-bond donors (Lipinski definition) is 5. The minimum absolute atomic E-state index is 0.105. The number of hydrogen-bond acceptors (Lipinski definition) is 10. The lowest BCUT2D eigenvalue weighted by atomic mass is 10.0. The number of nitrogens with zero attached hydrogens (tertiary/aromatic N) is 1. The molecule has 23 heavy (non-hydrogen) atoms. The zero-order chi connectivity index (χ0) is 17.6. The Morgan fingerprint density at radius 1 is 1.26 bits per heavy atom. The van der Waals surface area contributed by atoms with Crippen LogP contribution in [0.3, 0.4) is 0 Å². The molecule has 5 N–H and O–H groups in total. The van der Waals surface area contributed by atoms with E-state index in [0.29, 0.717) is 6.42 Å². The Bertz CT molecular complexity index is 496. The average Bonchev–Trinajstić information content (AvgIpc) is 2.49. The number of aliphatic hydroxyl groups is 4. The van der Waals surface area contributed by atoms with Crippen LogP contribution in [-0.4, -0.2) is 74.9 Å². The number of thioether (sulfide) groups is 1. The van der Waals surface area contributed by atoms with Crippen molar-refractivity contribution in [2.45, 2.75) is 56.0 Å². The molecular formula is C11H21NO9S2. The van der Waals surface area contributed by atoms with E-state index in [-0.39, 0.29) is 11.5 Å². The molecule has 0 radical (unpaired) electrons. The molecule has 12 heteroatoms. The van der Waals surface area contributed by atoms with Crippen molar-refractivity contribution in [1.82, 2.24) is 0 Å². The number of unbranched alkanes of at least 4 members (excludes halogenated alkanes) is 1. The van der Waals surface area contributed by atoms with Crippen molar-refractivity contribution >= 4 is 27.2 Å². The molecule has 10 nitrogen and oxygen atoms in total. The quantitative estimate of drug-likeness (QED) is 0.158. The maximum Gasteiger partial charge on any atom is 0.466 e. The summed E-state index contributed by atoms with van der Waals surface area (Å²) in [4.78, 5) is 0. The zero-order valence-corrected chi connectivity index (χ0v) is 14.0. The Morgan fingerprint density at radius 3 is 2.43 bits per heavy atom. The van der Waals surface area contributed by atoms with Gasteiger partial charge in [0.1, 0.15) is 34.9 Å². The van der Waals surface area contributed by atoms with Gasteiger partial charge in [0.15, 0.2) is 0 Å². The molecule has 0 spiro atoms. The van der Waals surface area contributed by atoms with E-state index < -0.39 is 46.9 Å². The third-order valence-corrected chi connectivity index (χ3v) is 4.51. The first kappa shape index (κ1) is 20.6. The van der Waals surface area contributed by atoms with Crippen molar-refractivity contribution in [3.63, 3.8) is 0 Å². The highest BCUT2D eigenvalue weighted by Gasteiger charge is 2.44. The van der Waals surface area contributed by atoms with Crippen LogP contribution in [0.5, 0.6) is 0 Å². The van der Waals surface area contributed by atoms with Crippen LogP contribution in [0.4, 0.5) is 0 Å². The van der Waals surface area contributed by atoms with Crippen LogP contribution < -0.4 is 0 Å². The molecule has 1 heterocycles.